The van der Waals surface area contributed by atoms with Crippen molar-refractivity contribution in [2.75, 3.05) is 5.73 Å². The summed E-state index contributed by atoms with van der Waals surface area (Å²) in [6.07, 6.45) is 0.200. The maximum absolute atomic E-state index is 14.5. The van der Waals surface area contributed by atoms with E-state index in [1.165, 1.54) is 18.2 Å². The lowest BCUT2D eigenvalue weighted by molar-refractivity contribution is 0.610. The minimum absolute atomic E-state index is 0.0628. The second-order valence-corrected chi connectivity index (χ2v) is 6.86. The van der Waals surface area contributed by atoms with E-state index in [0.29, 0.717) is 22.4 Å². The van der Waals surface area contributed by atoms with Gasteiger partial charge in [-0.2, -0.15) is 0 Å². The summed E-state index contributed by atoms with van der Waals surface area (Å²) in [6, 6.07) is 18.7. The fourth-order valence-corrected chi connectivity index (χ4v) is 3.38. The van der Waals surface area contributed by atoms with Gasteiger partial charge in [-0.15, -0.1) is 0 Å². The van der Waals surface area contributed by atoms with Gasteiger partial charge in [-0.1, -0.05) is 54.6 Å². The molecule has 1 aromatic heterocycles. The summed E-state index contributed by atoms with van der Waals surface area (Å²) < 4.78 is 42.9. The Morgan fingerprint density at radius 3 is 1.77 bits per heavy atom. The Balaban J connectivity index is 1.84. The molecule has 0 saturated heterocycles. The number of halogens is 3. The first-order chi connectivity index (χ1) is 14.5. The minimum Gasteiger partial charge on any atom is -0.383 e. The lowest BCUT2D eigenvalue weighted by Gasteiger charge is -2.15. The zero-order valence-corrected chi connectivity index (χ0v) is 15.9. The summed E-state index contributed by atoms with van der Waals surface area (Å²) >= 11 is 0. The van der Waals surface area contributed by atoms with Crippen LogP contribution in [-0.2, 0) is 12.8 Å². The lowest BCUT2D eigenvalue weighted by atomic mass is 9.98. The van der Waals surface area contributed by atoms with E-state index in [9.17, 15) is 13.2 Å². The Morgan fingerprint density at radius 2 is 1.17 bits per heavy atom. The third-order valence-corrected chi connectivity index (χ3v) is 4.82. The van der Waals surface area contributed by atoms with E-state index in [1.54, 1.807) is 54.6 Å². The van der Waals surface area contributed by atoms with Crippen LogP contribution in [0.5, 0.6) is 0 Å². The Morgan fingerprint density at radius 1 is 0.633 bits per heavy atom. The summed E-state index contributed by atoms with van der Waals surface area (Å²) in [4.78, 5) is 8.82. The van der Waals surface area contributed by atoms with E-state index in [0.717, 1.165) is 0 Å². The summed E-state index contributed by atoms with van der Waals surface area (Å²) in [7, 11) is 0. The molecule has 4 rings (SSSR count). The van der Waals surface area contributed by atoms with Crippen molar-refractivity contribution < 1.29 is 13.2 Å². The first-order valence-corrected chi connectivity index (χ1v) is 9.40. The summed E-state index contributed by atoms with van der Waals surface area (Å²) in [6.45, 7) is 0. The van der Waals surface area contributed by atoms with Gasteiger partial charge in [-0.25, -0.2) is 23.1 Å². The predicted octanol–water partition coefficient (Wildman–Crippen LogP) is 5.32. The molecule has 0 amide bonds. The van der Waals surface area contributed by atoms with Gasteiger partial charge in [-0.05, 0) is 29.3 Å². The van der Waals surface area contributed by atoms with Crippen LogP contribution < -0.4 is 5.73 Å². The second-order valence-electron chi connectivity index (χ2n) is 6.86. The van der Waals surface area contributed by atoms with Gasteiger partial charge >= 0.3 is 0 Å². The van der Waals surface area contributed by atoms with Gasteiger partial charge in [0.15, 0.2) is 0 Å². The number of anilines is 1. The largest absolute Gasteiger partial charge is 0.383 e. The molecule has 0 saturated carbocycles. The quantitative estimate of drug-likeness (QED) is 0.489. The molecule has 0 bridgehead atoms. The van der Waals surface area contributed by atoms with E-state index >= 15 is 0 Å². The summed E-state index contributed by atoms with van der Waals surface area (Å²) in [5.41, 5.74) is 7.93. The summed E-state index contributed by atoms with van der Waals surface area (Å²) in [5, 5.41) is 0. The third kappa shape index (κ3) is 4.03. The zero-order chi connectivity index (χ0) is 21.1. The van der Waals surface area contributed by atoms with Gasteiger partial charge < -0.3 is 5.73 Å². The monoisotopic (exact) mass is 405 g/mol. The van der Waals surface area contributed by atoms with Crippen LogP contribution in [0, 0.1) is 17.5 Å². The standard InChI is InChI=1S/C24H18F3N3/c25-18-10-4-1-7-15(18)13-21-23(17-9-3-6-12-20(17)27)24(28)30-22(29-21)14-16-8-2-5-11-19(16)26/h1-12H,13-14H2,(H2,28,29,30). The molecule has 3 aromatic carbocycles. The Bertz CT molecular complexity index is 1210. The van der Waals surface area contributed by atoms with Gasteiger partial charge in [0, 0.05) is 24.0 Å². The van der Waals surface area contributed by atoms with Gasteiger partial charge in [0.1, 0.15) is 29.1 Å². The molecule has 0 radical (unpaired) electrons. The number of rotatable bonds is 5. The van der Waals surface area contributed by atoms with Crippen molar-refractivity contribution in [2.45, 2.75) is 12.8 Å². The molecule has 0 atom stereocenters. The topological polar surface area (TPSA) is 51.8 Å². The van der Waals surface area contributed by atoms with Crippen molar-refractivity contribution in [3.05, 3.63) is 113 Å². The molecular weight excluding hydrogens is 387 g/mol. The van der Waals surface area contributed by atoms with Gasteiger partial charge in [0.2, 0.25) is 0 Å². The fraction of sp³-hybridized carbons (Fsp3) is 0.0833. The van der Waals surface area contributed by atoms with Crippen molar-refractivity contribution >= 4 is 5.82 Å². The Kier molecular flexibility index (Phi) is 5.48. The van der Waals surface area contributed by atoms with Gasteiger partial charge in [0.05, 0.1) is 5.69 Å². The van der Waals surface area contributed by atoms with Crippen LogP contribution in [0.4, 0.5) is 19.0 Å². The number of hydrogen-bond acceptors (Lipinski definition) is 3. The molecule has 0 aliphatic heterocycles. The van der Waals surface area contributed by atoms with Gasteiger partial charge in [-0.3, -0.25) is 0 Å². The highest BCUT2D eigenvalue weighted by Crippen LogP contribution is 2.32. The average molecular weight is 405 g/mol. The predicted molar refractivity (Wildman–Crippen MR) is 110 cm³/mol. The number of nitrogens with zero attached hydrogens (tertiary/aromatic N) is 2. The average Bonchev–Trinajstić information content (AvgIpc) is 2.72. The highest BCUT2D eigenvalue weighted by molar-refractivity contribution is 5.76. The van der Waals surface area contributed by atoms with E-state index in [1.807, 2.05) is 0 Å². The van der Waals surface area contributed by atoms with Gasteiger partial charge in [0.25, 0.3) is 0 Å². The zero-order valence-electron chi connectivity index (χ0n) is 15.9. The molecule has 2 N–H and O–H groups in total. The number of nitrogen functional groups attached to an aromatic ring is 1. The fourth-order valence-electron chi connectivity index (χ4n) is 3.38. The molecule has 6 heteroatoms. The molecule has 1 heterocycles. The van der Waals surface area contributed by atoms with Crippen molar-refractivity contribution in [3.8, 4) is 11.1 Å². The van der Waals surface area contributed by atoms with E-state index in [2.05, 4.69) is 9.97 Å². The van der Waals surface area contributed by atoms with Crippen LogP contribution in [-0.4, -0.2) is 9.97 Å². The molecule has 4 aromatic rings. The van der Waals surface area contributed by atoms with Crippen molar-refractivity contribution in [2.24, 2.45) is 0 Å². The molecule has 0 aliphatic rings. The first kappa shape index (κ1) is 19.6. The minimum atomic E-state index is -0.482. The smallest absolute Gasteiger partial charge is 0.135 e. The van der Waals surface area contributed by atoms with Crippen LogP contribution in [0.3, 0.4) is 0 Å². The van der Waals surface area contributed by atoms with Crippen LogP contribution in [0.25, 0.3) is 11.1 Å². The Hall–Kier alpha value is -3.67. The Labute approximate surface area is 172 Å². The molecule has 150 valence electrons. The third-order valence-electron chi connectivity index (χ3n) is 4.82. The molecule has 0 aliphatic carbocycles. The van der Waals surface area contributed by atoms with Crippen molar-refractivity contribution in [1.29, 1.82) is 0 Å². The first-order valence-electron chi connectivity index (χ1n) is 9.40. The maximum Gasteiger partial charge on any atom is 0.135 e. The summed E-state index contributed by atoms with van der Waals surface area (Å²) in [5.74, 6) is -0.917. The lowest BCUT2D eigenvalue weighted by Crippen LogP contribution is -2.10. The second kappa shape index (κ2) is 8.37. The van der Waals surface area contributed by atoms with Crippen molar-refractivity contribution in [1.82, 2.24) is 9.97 Å². The van der Waals surface area contributed by atoms with E-state index < -0.39 is 11.6 Å². The van der Waals surface area contributed by atoms with E-state index in [-0.39, 0.29) is 35.9 Å². The highest BCUT2D eigenvalue weighted by Gasteiger charge is 2.19. The van der Waals surface area contributed by atoms with Crippen molar-refractivity contribution in [3.63, 3.8) is 0 Å². The SMILES string of the molecule is Nc1nc(Cc2ccccc2F)nc(Cc2ccccc2F)c1-c1ccccc1F. The highest BCUT2D eigenvalue weighted by atomic mass is 19.1. The van der Waals surface area contributed by atoms with Crippen LogP contribution >= 0.6 is 0 Å². The number of nitrogens with two attached hydrogens (primary N) is 1. The van der Waals surface area contributed by atoms with Crippen LogP contribution in [0.2, 0.25) is 0 Å². The molecule has 3 nitrogen and oxygen atoms in total. The normalized spacial score (nSPS) is 10.9. The molecule has 0 fully saturated rings. The van der Waals surface area contributed by atoms with E-state index in [4.69, 9.17) is 5.73 Å². The number of benzene rings is 3. The van der Waals surface area contributed by atoms with Crippen LogP contribution in [0.15, 0.2) is 72.8 Å². The molecule has 30 heavy (non-hydrogen) atoms. The number of hydrogen-bond donors (Lipinski definition) is 1. The molecular formula is C24H18F3N3. The maximum atomic E-state index is 14.5. The molecule has 0 spiro atoms. The number of aromatic nitrogens is 2. The molecule has 0 unspecified atom stereocenters. The van der Waals surface area contributed by atoms with Crippen LogP contribution in [0.1, 0.15) is 22.6 Å².